The average Bonchev–Trinajstić information content (AvgIpc) is 2.64. The first-order chi connectivity index (χ1) is 12.5. The number of nitrogens with zero attached hydrogens (tertiary/aromatic N) is 1. The first-order valence-corrected chi connectivity index (χ1v) is 10.2. The van der Waals surface area contributed by atoms with Crippen molar-refractivity contribution < 1.29 is 4.79 Å². The Morgan fingerprint density at radius 1 is 1.15 bits per heavy atom. The molecule has 1 N–H and O–H groups in total. The molecule has 2 aromatic rings. The van der Waals surface area contributed by atoms with Crippen LogP contribution < -0.4 is 5.32 Å². The van der Waals surface area contributed by atoms with E-state index in [2.05, 4.69) is 76.4 Å². The van der Waals surface area contributed by atoms with Gasteiger partial charge in [-0.3, -0.25) is 9.69 Å². The van der Waals surface area contributed by atoms with Gasteiger partial charge in [-0.25, -0.2) is 0 Å². The predicted octanol–water partition coefficient (Wildman–Crippen LogP) is 5.42. The van der Waals surface area contributed by atoms with E-state index in [0.29, 0.717) is 5.92 Å². The number of halogens is 1. The molecule has 2 aromatic carbocycles. The smallest absolute Gasteiger partial charge is 0.228 e. The third kappa shape index (κ3) is 5.18. The molecule has 1 aliphatic rings. The first kappa shape index (κ1) is 19.1. The summed E-state index contributed by atoms with van der Waals surface area (Å²) in [4.78, 5) is 15.1. The molecule has 3 nitrogen and oxygen atoms in total. The summed E-state index contributed by atoms with van der Waals surface area (Å²) in [5.74, 6) is 0.706. The number of benzene rings is 2. The molecule has 0 aliphatic carbocycles. The average molecular weight is 415 g/mol. The molecule has 0 radical (unpaired) electrons. The third-order valence-electron chi connectivity index (χ3n) is 5.04. The molecule has 1 unspecified atom stereocenters. The van der Waals surface area contributed by atoms with Gasteiger partial charge in [0.15, 0.2) is 0 Å². The molecular weight excluding hydrogens is 388 g/mol. The number of carbonyl (C=O) groups is 1. The van der Waals surface area contributed by atoms with Gasteiger partial charge in [-0.1, -0.05) is 54.0 Å². The molecule has 4 heteroatoms. The number of nitrogens with one attached hydrogen (secondary N) is 1. The molecule has 1 atom stereocenters. The van der Waals surface area contributed by atoms with Crippen molar-refractivity contribution >= 4 is 27.5 Å². The molecule has 1 saturated heterocycles. The topological polar surface area (TPSA) is 32.3 Å². The lowest BCUT2D eigenvalue weighted by molar-refractivity contribution is -0.121. The van der Waals surface area contributed by atoms with Gasteiger partial charge in [-0.15, -0.1) is 0 Å². The molecule has 26 heavy (non-hydrogen) atoms. The fraction of sp³-hybridized carbons (Fsp3) is 0.409. The second kappa shape index (κ2) is 8.83. The molecular formula is C22H27BrN2O. The molecule has 1 fully saturated rings. The molecule has 138 valence electrons. The van der Waals surface area contributed by atoms with Crippen LogP contribution in [0.25, 0.3) is 0 Å². The maximum atomic E-state index is 12.7. The predicted molar refractivity (Wildman–Crippen MR) is 111 cm³/mol. The summed E-state index contributed by atoms with van der Waals surface area (Å²) in [5.41, 5.74) is 3.48. The zero-order valence-electron chi connectivity index (χ0n) is 15.5. The summed E-state index contributed by atoms with van der Waals surface area (Å²) in [6.45, 7) is 7.14. The molecule has 1 heterocycles. The van der Waals surface area contributed by atoms with Crippen molar-refractivity contribution in [3.63, 3.8) is 0 Å². The number of hydrogen-bond acceptors (Lipinski definition) is 2. The fourth-order valence-corrected chi connectivity index (χ4v) is 3.72. The number of hydrogen-bond donors (Lipinski definition) is 1. The molecule has 1 aliphatic heterocycles. The highest BCUT2D eigenvalue weighted by Gasteiger charge is 2.25. The van der Waals surface area contributed by atoms with E-state index in [1.807, 2.05) is 12.1 Å². The second-order valence-corrected chi connectivity index (χ2v) is 8.38. The van der Waals surface area contributed by atoms with Crippen molar-refractivity contribution in [2.75, 3.05) is 18.4 Å². The minimum Gasteiger partial charge on any atom is -0.326 e. The van der Waals surface area contributed by atoms with Crippen molar-refractivity contribution in [3.8, 4) is 0 Å². The van der Waals surface area contributed by atoms with Gasteiger partial charge in [0, 0.05) is 23.2 Å². The van der Waals surface area contributed by atoms with E-state index in [-0.39, 0.29) is 11.8 Å². The van der Waals surface area contributed by atoms with Gasteiger partial charge in [-0.2, -0.15) is 0 Å². The maximum Gasteiger partial charge on any atom is 0.228 e. The number of amides is 1. The first-order valence-electron chi connectivity index (χ1n) is 9.39. The van der Waals surface area contributed by atoms with E-state index in [1.165, 1.54) is 11.1 Å². The highest BCUT2D eigenvalue weighted by molar-refractivity contribution is 9.10. The van der Waals surface area contributed by atoms with E-state index in [1.54, 1.807) is 0 Å². The van der Waals surface area contributed by atoms with Crippen molar-refractivity contribution in [2.24, 2.45) is 5.92 Å². The Kier molecular flexibility index (Phi) is 6.49. The van der Waals surface area contributed by atoms with Gasteiger partial charge in [-0.05, 0) is 60.7 Å². The molecule has 0 aromatic heterocycles. The Morgan fingerprint density at radius 3 is 2.50 bits per heavy atom. The van der Waals surface area contributed by atoms with Gasteiger partial charge in [0.05, 0.1) is 5.92 Å². The summed E-state index contributed by atoms with van der Waals surface area (Å²) in [6, 6.07) is 16.6. The maximum absolute atomic E-state index is 12.7. The van der Waals surface area contributed by atoms with Crippen LogP contribution >= 0.6 is 15.9 Å². The summed E-state index contributed by atoms with van der Waals surface area (Å²) in [5, 5.41) is 3.10. The van der Waals surface area contributed by atoms with Gasteiger partial charge >= 0.3 is 0 Å². The third-order valence-corrected chi connectivity index (χ3v) is 5.57. The van der Waals surface area contributed by atoms with Crippen molar-refractivity contribution in [2.45, 2.75) is 39.2 Å². The lowest BCUT2D eigenvalue weighted by Gasteiger charge is -2.32. The van der Waals surface area contributed by atoms with Crippen molar-refractivity contribution in [1.82, 2.24) is 4.90 Å². The van der Waals surface area contributed by atoms with Crippen LogP contribution in [-0.2, 0) is 11.3 Å². The van der Waals surface area contributed by atoms with E-state index in [0.717, 1.165) is 42.6 Å². The zero-order chi connectivity index (χ0) is 18.5. The Labute approximate surface area is 164 Å². The van der Waals surface area contributed by atoms with Gasteiger partial charge in [0.1, 0.15) is 0 Å². The Hall–Kier alpha value is -1.65. The number of likely N-dealkylation sites (tertiary alicyclic amines) is 1. The van der Waals surface area contributed by atoms with Crippen molar-refractivity contribution in [3.05, 3.63) is 64.1 Å². The molecule has 0 saturated carbocycles. The van der Waals surface area contributed by atoms with E-state index in [4.69, 9.17) is 0 Å². The fourth-order valence-electron chi connectivity index (χ4n) is 3.46. The standard InChI is InChI=1S/C22H27BrN2O/c1-16(2)18-7-11-21(12-8-18)24-22(26)19-4-3-13-25(15-19)14-17-5-9-20(23)10-6-17/h5-12,16,19H,3-4,13-15H2,1-2H3,(H,24,26). The molecule has 0 spiro atoms. The van der Waals surface area contributed by atoms with Crippen LogP contribution in [0.2, 0.25) is 0 Å². The van der Waals surface area contributed by atoms with E-state index < -0.39 is 0 Å². The molecule has 0 bridgehead atoms. The van der Waals surface area contributed by atoms with Crippen LogP contribution in [0.5, 0.6) is 0 Å². The Balaban J connectivity index is 1.56. The summed E-state index contributed by atoms with van der Waals surface area (Å²) < 4.78 is 1.10. The van der Waals surface area contributed by atoms with E-state index in [9.17, 15) is 4.79 Å². The zero-order valence-corrected chi connectivity index (χ0v) is 17.1. The van der Waals surface area contributed by atoms with Crippen LogP contribution in [0.15, 0.2) is 53.0 Å². The minimum atomic E-state index is 0.0592. The van der Waals surface area contributed by atoms with Gasteiger partial charge in [0.25, 0.3) is 0 Å². The lowest BCUT2D eigenvalue weighted by atomic mass is 9.96. The highest BCUT2D eigenvalue weighted by atomic mass is 79.9. The second-order valence-electron chi connectivity index (χ2n) is 7.47. The van der Waals surface area contributed by atoms with Crippen molar-refractivity contribution in [1.29, 1.82) is 0 Å². The monoisotopic (exact) mass is 414 g/mol. The van der Waals surface area contributed by atoms with Crippen LogP contribution in [0.1, 0.15) is 43.7 Å². The quantitative estimate of drug-likeness (QED) is 0.707. The number of anilines is 1. The number of rotatable bonds is 5. The largest absolute Gasteiger partial charge is 0.326 e. The Morgan fingerprint density at radius 2 is 1.85 bits per heavy atom. The summed E-state index contributed by atoms with van der Waals surface area (Å²) >= 11 is 3.48. The molecule has 3 rings (SSSR count). The van der Waals surface area contributed by atoms with E-state index >= 15 is 0 Å². The van der Waals surface area contributed by atoms with Crippen LogP contribution in [0.4, 0.5) is 5.69 Å². The minimum absolute atomic E-state index is 0.0592. The van der Waals surface area contributed by atoms with Crippen LogP contribution in [0.3, 0.4) is 0 Å². The molecule has 1 amide bonds. The van der Waals surface area contributed by atoms with Crippen LogP contribution in [-0.4, -0.2) is 23.9 Å². The van der Waals surface area contributed by atoms with Gasteiger partial charge in [0.2, 0.25) is 5.91 Å². The van der Waals surface area contributed by atoms with Crippen LogP contribution in [0, 0.1) is 5.92 Å². The highest BCUT2D eigenvalue weighted by Crippen LogP contribution is 2.22. The van der Waals surface area contributed by atoms with Gasteiger partial charge < -0.3 is 5.32 Å². The number of piperidine rings is 1. The Bertz CT molecular complexity index is 725. The summed E-state index contributed by atoms with van der Waals surface area (Å²) in [6.07, 6.45) is 2.04. The number of carbonyl (C=O) groups excluding carboxylic acids is 1. The SMILES string of the molecule is CC(C)c1ccc(NC(=O)C2CCCN(Cc3ccc(Br)cc3)C2)cc1. The lowest BCUT2D eigenvalue weighted by Crippen LogP contribution is -2.40. The summed E-state index contributed by atoms with van der Waals surface area (Å²) in [7, 11) is 0. The normalized spacial score (nSPS) is 18.1.